The Morgan fingerprint density at radius 1 is 1.00 bits per heavy atom. The molecule has 1 aliphatic rings. The highest BCUT2D eigenvalue weighted by molar-refractivity contribution is 5.96. The summed E-state index contributed by atoms with van der Waals surface area (Å²) in [5, 5.41) is 8.53. The van der Waals surface area contributed by atoms with Crippen molar-refractivity contribution in [2.24, 2.45) is 0 Å². The lowest BCUT2D eigenvalue weighted by atomic mass is 10.0. The third-order valence-corrected chi connectivity index (χ3v) is 4.84. The Hall–Kier alpha value is -3.35. The summed E-state index contributed by atoms with van der Waals surface area (Å²) in [4.78, 5) is 36.9. The largest absolute Gasteiger partial charge is 0.463 e. The summed E-state index contributed by atoms with van der Waals surface area (Å²) in [6.45, 7) is 5.56. The van der Waals surface area contributed by atoms with E-state index in [0.29, 0.717) is 11.3 Å². The van der Waals surface area contributed by atoms with E-state index in [0.717, 1.165) is 24.0 Å². The predicted molar refractivity (Wildman–Crippen MR) is 119 cm³/mol. The van der Waals surface area contributed by atoms with Crippen LogP contribution in [0.4, 0.5) is 10.5 Å². The molecule has 3 amide bonds. The van der Waals surface area contributed by atoms with E-state index in [2.05, 4.69) is 16.0 Å². The SMILES string of the molecule is Cc1ccc(C(CC(=O)OC(C)C)NC(=O)c2ccc(NC(=O)NC3CC3)cc2)cc1. The van der Waals surface area contributed by atoms with Crippen molar-refractivity contribution in [3.05, 3.63) is 65.2 Å². The van der Waals surface area contributed by atoms with Gasteiger partial charge in [-0.05, 0) is 63.4 Å². The molecule has 1 aliphatic carbocycles. The number of nitrogens with one attached hydrogen (secondary N) is 3. The number of carbonyl (C=O) groups excluding carboxylic acids is 3. The summed E-state index contributed by atoms with van der Waals surface area (Å²) in [5.41, 5.74) is 2.95. The molecule has 3 N–H and O–H groups in total. The standard InChI is InChI=1S/C24H29N3O4/c1-15(2)31-22(28)14-21(17-6-4-16(3)5-7-17)27-23(29)18-8-10-19(11-9-18)25-24(30)26-20-12-13-20/h4-11,15,20-21H,12-14H2,1-3H3,(H,27,29)(H2,25,26,30). The Morgan fingerprint density at radius 2 is 1.65 bits per heavy atom. The second-order valence-electron chi connectivity index (χ2n) is 8.13. The zero-order valence-corrected chi connectivity index (χ0v) is 18.1. The normalized spacial score (nSPS) is 13.9. The van der Waals surface area contributed by atoms with Crippen LogP contribution in [0, 0.1) is 6.92 Å². The van der Waals surface area contributed by atoms with Gasteiger partial charge in [0.05, 0.1) is 18.6 Å². The summed E-state index contributed by atoms with van der Waals surface area (Å²) < 4.78 is 5.26. The van der Waals surface area contributed by atoms with E-state index in [9.17, 15) is 14.4 Å². The molecule has 2 aromatic rings. The van der Waals surface area contributed by atoms with Crippen LogP contribution >= 0.6 is 0 Å². The fraction of sp³-hybridized carbons (Fsp3) is 0.375. The summed E-state index contributed by atoms with van der Waals surface area (Å²) in [7, 11) is 0. The molecule has 2 aromatic carbocycles. The Morgan fingerprint density at radius 3 is 2.23 bits per heavy atom. The highest BCUT2D eigenvalue weighted by atomic mass is 16.5. The number of hydrogen-bond donors (Lipinski definition) is 3. The second kappa shape index (κ2) is 10.1. The lowest BCUT2D eigenvalue weighted by Crippen LogP contribution is -2.31. The molecule has 0 saturated heterocycles. The number of esters is 1. The molecule has 0 radical (unpaired) electrons. The van der Waals surface area contributed by atoms with Gasteiger partial charge in [0.1, 0.15) is 0 Å². The molecule has 1 atom stereocenters. The van der Waals surface area contributed by atoms with Gasteiger partial charge in [0.25, 0.3) is 5.91 Å². The van der Waals surface area contributed by atoms with Crippen molar-refractivity contribution >= 4 is 23.6 Å². The highest BCUT2D eigenvalue weighted by Gasteiger charge is 2.23. The number of amides is 3. The Bertz CT molecular complexity index is 919. The molecule has 0 aliphatic heterocycles. The maximum Gasteiger partial charge on any atom is 0.319 e. The monoisotopic (exact) mass is 423 g/mol. The number of rotatable bonds is 8. The van der Waals surface area contributed by atoms with Crippen molar-refractivity contribution in [1.82, 2.24) is 10.6 Å². The van der Waals surface area contributed by atoms with Gasteiger partial charge in [-0.3, -0.25) is 9.59 Å². The number of carbonyl (C=O) groups is 3. The van der Waals surface area contributed by atoms with E-state index in [1.54, 1.807) is 38.1 Å². The third-order valence-electron chi connectivity index (χ3n) is 4.84. The van der Waals surface area contributed by atoms with Gasteiger partial charge in [-0.25, -0.2) is 4.79 Å². The van der Waals surface area contributed by atoms with E-state index in [1.807, 2.05) is 31.2 Å². The van der Waals surface area contributed by atoms with Gasteiger partial charge in [0.2, 0.25) is 0 Å². The van der Waals surface area contributed by atoms with E-state index in [1.165, 1.54) is 0 Å². The Balaban J connectivity index is 1.66. The molecule has 1 fully saturated rings. The molecule has 7 nitrogen and oxygen atoms in total. The van der Waals surface area contributed by atoms with Crippen molar-refractivity contribution in [2.75, 3.05) is 5.32 Å². The zero-order chi connectivity index (χ0) is 22.4. The van der Waals surface area contributed by atoms with Crippen LogP contribution in [-0.4, -0.2) is 30.1 Å². The van der Waals surface area contributed by atoms with E-state index >= 15 is 0 Å². The van der Waals surface area contributed by atoms with Crippen LogP contribution in [0.3, 0.4) is 0 Å². The molecule has 0 spiro atoms. The summed E-state index contributed by atoms with van der Waals surface area (Å²) in [5.74, 6) is -0.681. The van der Waals surface area contributed by atoms with E-state index in [4.69, 9.17) is 4.74 Å². The third kappa shape index (κ3) is 7.13. The maximum absolute atomic E-state index is 12.8. The minimum absolute atomic E-state index is 0.0357. The molecule has 7 heteroatoms. The van der Waals surface area contributed by atoms with Crippen molar-refractivity contribution in [2.45, 2.75) is 58.2 Å². The summed E-state index contributed by atoms with van der Waals surface area (Å²) in [6, 6.07) is 13.8. The molecule has 1 saturated carbocycles. The van der Waals surface area contributed by atoms with Crippen LogP contribution in [-0.2, 0) is 9.53 Å². The van der Waals surface area contributed by atoms with Crippen molar-refractivity contribution in [3.63, 3.8) is 0 Å². The first-order valence-corrected chi connectivity index (χ1v) is 10.5. The van der Waals surface area contributed by atoms with Gasteiger partial charge < -0.3 is 20.7 Å². The molecule has 0 bridgehead atoms. The average Bonchev–Trinajstić information content (AvgIpc) is 3.51. The lowest BCUT2D eigenvalue weighted by molar-refractivity contribution is -0.147. The molecule has 0 aromatic heterocycles. The Kier molecular flexibility index (Phi) is 7.28. The van der Waals surface area contributed by atoms with Crippen molar-refractivity contribution < 1.29 is 19.1 Å². The molecular weight excluding hydrogens is 394 g/mol. The van der Waals surface area contributed by atoms with Gasteiger partial charge in [0.15, 0.2) is 0 Å². The van der Waals surface area contributed by atoms with Gasteiger partial charge in [-0.15, -0.1) is 0 Å². The number of aryl methyl sites for hydroxylation is 1. The molecule has 164 valence electrons. The van der Waals surface area contributed by atoms with Gasteiger partial charge >= 0.3 is 12.0 Å². The average molecular weight is 424 g/mol. The molecule has 0 heterocycles. The number of hydrogen-bond acceptors (Lipinski definition) is 4. The molecule has 31 heavy (non-hydrogen) atoms. The number of ether oxygens (including phenoxy) is 1. The number of benzene rings is 2. The first-order valence-electron chi connectivity index (χ1n) is 10.5. The van der Waals surface area contributed by atoms with Crippen LogP contribution in [0.25, 0.3) is 0 Å². The molecule has 1 unspecified atom stereocenters. The van der Waals surface area contributed by atoms with Crippen LogP contribution in [0.5, 0.6) is 0 Å². The predicted octanol–water partition coefficient (Wildman–Crippen LogP) is 4.09. The summed E-state index contributed by atoms with van der Waals surface area (Å²) >= 11 is 0. The van der Waals surface area contributed by atoms with Crippen LogP contribution in [0.1, 0.15) is 60.6 Å². The smallest absolute Gasteiger partial charge is 0.319 e. The van der Waals surface area contributed by atoms with E-state index < -0.39 is 6.04 Å². The molecule has 3 rings (SSSR count). The van der Waals surface area contributed by atoms with Gasteiger partial charge in [-0.2, -0.15) is 0 Å². The first kappa shape index (κ1) is 22.3. The van der Waals surface area contributed by atoms with Crippen LogP contribution < -0.4 is 16.0 Å². The summed E-state index contributed by atoms with van der Waals surface area (Å²) in [6.07, 6.45) is 1.84. The van der Waals surface area contributed by atoms with Crippen molar-refractivity contribution in [3.8, 4) is 0 Å². The first-order chi connectivity index (χ1) is 14.8. The van der Waals surface area contributed by atoms with Gasteiger partial charge in [-0.1, -0.05) is 29.8 Å². The van der Waals surface area contributed by atoms with E-state index in [-0.39, 0.29) is 36.5 Å². The van der Waals surface area contributed by atoms with Crippen LogP contribution in [0.2, 0.25) is 0 Å². The quantitative estimate of drug-likeness (QED) is 0.557. The van der Waals surface area contributed by atoms with Gasteiger partial charge in [0, 0.05) is 17.3 Å². The lowest BCUT2D eigenvalue weighted by Gasteiger charge is -2.20. The molecular formula is C24H29N3O4. The fourth-order valence-electron chi connectivity index (χ4n) is 3.06. The topological polar surface area (TPSA) is 96.5 Å². The number of anilines is 1. The minimum Gasteiger partial charge on any atom is -0.463 e. The van der Waals surface area contributed by atoms with Crippen molar-refractivity contribution in [1.29, 1.82) is 0 Å². The fourth-order valence-corrected chi connectivity index (χ4v) is 3.06. The second-order valence-corrected chi connectivity index (χ2v) is 8.13. The zero-order valence-electron chi connectivity index (χ0n) is 18.1. The Labute approximate surface area is 182 Å². The minimum atomic E-state index is -0.513. The highest BCUT2D eigenvalue weighted by Crippen LogP contribution is 2.21. The van der Waals surface area contributed by atoms with Crippen LogP contribution in [0.15, 0.2) is 48.5 Å². The maximum atomic E-state index is 12.8. The number of urea groups is 1.